The highest BCUT2D eigenvalue weighted by atomic mass is 35.5. The number of halogens is 2. The first-order valence-corrected chi connectivity index (χ1v) is 15.8. The maximum absolute atomic E-state index is 13.9. The predicted molar refractivity (Wildman–Crippen MR) is 177 cm³/mol. The maximum atomic E-state index is 13.9. The van der Waals surface area contributed by atoms with Crippen LogP contribution in [0.5, 0.6) is 11.5 Å². The minimum Gasteiger partial charge on any atom is -0.496 e. The Morgan fingerprint density at radius 2 is 1.67 bits per heavy atom. The summed E-state index contributed by atoms with van der Waals surface area (Å²) in [5.74, 6) is 0.809. The number of hydrogen-bond donors (Lipinski definition) is 2. The highest BCUT2D eigenvalue weighted by Gasteiger charge is 2.62. The quantitative estimate of drug-likeness (QED) is 0.219. The molecule has 0 unspecified atom stereocenters. The number of carbonyl (C=O) groups is 2. The summed E-state index contributed by atoms with van der Waals surface area (Å²) < 4.78 is 11.7. The van der Waals surface area contributed by atoms with E-state index in [-0.39, 0.29) is 29.9 Å². The van der Waals surface area contributed by atoms with Crippen LogP contribution in [0.15, 0.2) is 54.6 Å². The van der Waals surface area contributed by atoms with Crippen LogP contribution in [0.2, 0.25) is 5.02 Å². The van der Waals surface area contributed by atoms with Gasteiger partial charge in [0.1, 0.15) is 22.7 Å². The van der Waals surface area contributed by atoms with Crippen molar-refractivity contribution in [3.63, 3.8) is 0 Å². The van der Waals surface area contributed by atoms with E-state index in [0.29, 0.717) is 40.7 Å². The Morgan fingerprint density at radius 1 is 0.978 bits per heavy atom. The van der Waals surface area contributed by atoms with Crippen molar-refractivity contribution in [3.05, 3.63) is 65.3 Å². The van der Waals surface area contributed by atoms with E-state index in [4.69, 9.17) is 26.1 Å². The van der Waals surface area contributed by atoms with Crippen molar-refractivity contribution in [2.75, 3.05) is 34.4 Å². The number of carbonyl (C=O) groups excluding carboxylic acids is 1. The smallest absolute Gasteiger partial charge is 0.330 e. The van der Waals surface area contributed by atoms with Crippen molar-refractivity contribution in [1.29, 1.82) is 0 Å². The maximum Gasteiger partial charge on any atom is 0.330 e. The van der Waals surface area contributed by atoms with E-state index < -0.39 is 17.4 Å². The van der Waals surface area contributed by atoms with Crippen molar-refractivity contribution in [2.24, 2.45) is 23.7 Å². The lowest BCUT2D eigenvalue weighted by atomic mass is 9.48. The van der Waals surface area contributed by atoms with Crippen LogP contribution in [0, 0.1) is 23.7 Å². The van der Waals surface area contributed by atoms with Gasteiger partial charge in [0.15, 0.2) is 0 Å². The van der Waals surface area contributed by atoms with Crippen LogP contribution >= 0.6 is 24.0 Å². The first-order valence-electron chi connectivity index (χ1n) is 15.5. The Kier molecular flexibility index (Phi) is 9.97. The average molecular weight is 655 g/mol. The zero-order valence-electron chi connectivity index (χ0n) is 25.9. The number of pyridine rings is 1. The first kappa shape index (κ1) is 33.0. The summed E-state index contributed by atoms with van der Waals surface area (Å²) in [5, 5.41) is 14.1. The van der Waals surface area contributed by atoms with Gasteiger partial charge in [-0.15, -0.1) is 12.4 Å². The summed E-state index contributed by atoms with van der Waals surface area (Å²) >= 11 is 6.53. The minimum absolute atomic E-state index is 0. The largest absolute Gasteiger partial charge is 0.496 e. The van der Waals surface area contributed by atoms with Crippen molar-refractivity contribution >= 4 is 35.9 Å². The third kappa shape index (κ3) is 6.38. The second-order valence-electron chi connectivity index (χ2n) is 12.9. The van der Waals surface area contributed by atoms with Crippen molar-refractivity contribution < 1.29 is 24.2 Å². The van der Waals surface area contributed by atoms with Gasteiger partial charge >= 0.3 is 5.97 Å². The van der Waals surface area contributed by atoms with E-state index in [1.807, 2.05) is 56.6 Å². The third-order valence-corrected chi connectivity index (χ3v) is 10.1. The van der Waals surface area contributed by atoms with E-state index >= 15 is 0 Å². The molecule has 0 aliphatic heterocycles. The molecule has 45 heavy (non-hydrogen) atoms. The van der Waals surface area contributed by atoms with Gasteiger partial charge < -0.3 is 24.8 Å². The lowest BCUT2D eigenvalue weighted by Gasteiger charge is -2.59. The fourth-order valence-electron chi connectivity index (χ4n) is 8.00. The van der Waals surface area contributed by atoms with Crippen LogP contribution < -0.4 is 14.8 Å². The molecule has 0 atom stereocenters. The summed E-state index contributed by atoms with van der Waals surface area (Å²) in [4.78, 5) is 33.8. The van der Waals surface area contributed by atoms with Crippen LogP contribution in [0.4, 0.5) is 0 Å². The molecule has 4 fully saturated rings. The number of nitrogens with zero attached hydrogens (tertiary/aromatic N) is 2. The Balaban J connectivity index is 0.00000400. The number of aromatic nitrogens is 1. The topological polar surface area (TPSA) is 101 Å². The normalized spacial score (nSPS) is 24.6. The molecule has 10 heteroatoms. The lowest BCUT2D eigenvalue weighted by Crippen LogP contribution is -2.70. The van der Waals surface area contributed by atoms with Gasteiger partial charge in [-0.1, -0.05) is 35.9 Å². The number of benzene rings is 2. The number of rotatable bonds is 11. The highest BCUT2D eigenvalue weighted by Crippen LogP contribution is 2.58. The molecule has 0 spiro atoms. The second-order valence-corrected chi connectivity index (χ2v) is 13.3. The molecule has 2 N–H and O–H groups in total. The van der Waals surface area contributed by atoms with Gasteiger partial charge in [-0.2, -0.15) is 0 Å². The molecule has 240 valence electrons. The van der Waals surface area contributed by atoms with Crippen LogP contribution in [0.25, 0.3) is 22.4 Å². The van der Waals surface area contributed by atoms with E-state index in [0.717, 1.165) is 55.3 Å². The van der Waals surface area contributed by atoms with E-state index in [1.54, 1.807) is 19.2 Å². The molecule has 0 saturated heterocycles. The van der Waals surface area contributed by atoms with Crippen molar-refractivity contribution in [3.8, 4) is 33.9 Å². The number of hydrogen-bond acceptors (Lipinski definition) is 6. The van der Waals surface area contributed by atoms with Gasteiger partial charge in [0, 0.05) is 23.2 Å². The molecule has 2 aromatic carbocycles. The molecule has 4 saturated carbocycles. The van der Waals surface area contributed by atoms with Crippen molar-refractivity contribution in [2.45, 2.75) is 44.1 Å². The van der Waals surface area contributed by atoms with E-state index in [1.165, 1.54) is 6.42 Å². The SMILES string of the molecule is COc1ccccc1-c1ccc(C(=O)NC2(C(=O)O)C3CC4CC(C3)CC2C4)nc1-c1ccc(Cl)c(OCCCN(C)C)c1.Cl. The molecule has 4 bridgehead atoms. The Labute approximate surface area is 275 Å². The minimum atomic E-state index is -1.26. The number of nitrogens with one attached hydrogen (secondary N) is 1. The Bertz CT molecular complexity index is 1530. The number of carboxylic acid groups (broad SMARTS) is 1. The fraction of sp³-hybridized carbons (Fsp3) is 0.457. The molecule has 0 radical (unpaired) electrons. The van der Waals surface area contributed by atoms with Gasteiger partial charge in [-0.3, -0.25) is 4.79 Å². The predicted octanol–water partition coefficient (Wildman–Crippen LogP) is 6.84. The first-order chi connectivity index (χ1) is 21.2. The molecule has 1 aromatic heterocycles. The lowest BCUT2D eigenvalue weighted by molar-refractivity contribution is -0.163. The summed E-state index contributed by atoms with van der Waals surface area (Å²) in [5.41, 5.74) is 1.75. The van der Waals surface area contributed by atoms with E-state index in [2.05, 4.69) is 10.2 Å². The number of ether oxygens (including phenoxy) is 2. The van der Waals surface area contributed by atoms with Crippen LogP contribution in [0.1, 0.15) is 49.0 Å². The monoisotopic (exact) mass is 653 g/mol. The molecule has 1 heterocycles. The van der Waals surface area contributed by atoms with Gasteiger partial charge in [0.25, 0.3) is 5.91 Å². The summed E-state index contributed by atoms with van der Waals surface area (Å²) in [7, 11) is 5.65. The fourth-order valence-corrected chi connectivity index (χ4v) is 8.17. The number of carboxylic acids is 1. The van der Waals surface area contributed by atoms with Crippen molar-refractivity contribution in [1.82, 2.24) is 15.2 Å². The molecule has 8 nitrogen and oxygen atoms in total. The van der Waals surface area contributed by atoms with Gasteiger partial charge in [0.05, 0.1) is 24.4 Å². The van der Waals surface area contributed by atoms with Crippen LogP contribution in [0.3, 0.4) is 0 Å². The zero-order valence-corrected chi connectivity index (χ0v) is 27.5. The standard InChI is InChI=1S/C35H40ClN3O5.ClH/c1-39(2)13-6-14-44-31-20-23(9-11-28(31)36)32-27(26-7-4-5-8-30(26)43-3)10-12-29(37-32)33(40)38-35(34(41)42)24-16-21-15-22(18-24)19-25(35)17-21;/h4-5,7-12,20-22,24-25H,6,13-19H2,1-3H3,(H,38,40)(H,41,42);1H. The average Bonchev–Trinajstić information content (AvgIpc) is 3.01. The summed E-state index contributed by atoms with van der Waals surface area (Å²) in [6, 6.07) is 16.6. The number of methoxy groups -OCH3 is 1. The summed E-state index contributed by atoms with van der Waals surface area (Å²) in [6.45, 7) is 1.38. The summed E-state index contributed by atoms with van der Waals surface area (Å²) in [6.07, 6.45) is 5.44. The van der Waals surface area contributed by atoms with Crippen LogP contribution in [-0.2, 0) is 4.79 Å². The van der Waals surface area contributed by atoms with Gasteiger partial charge in [-0.05, 0) is 107 Å². The Hall–Kier alpha value is -3.33. The second kappa shape index (κ2) is 13.6. The van der Waals surface area contributed by atoms with Crippen LogP contribution in [-0.4, -0.2) is 66.8 Å². The van der Waals surface area contributed by atoms with Gasteiger partial charge in [0.2, 0.25) is 0 Å². The molecule has 3 aromatic rings. The van der Waals surface area contributed by atoms with E-state index in [9.17, 15) is 14.7 Å². The number of amides is 1. The third-order valence-electron chi connectivity index (χ3n) is 9.84. The Morgan fingerprint density at radius 3 is 2.31 bits per heavy atom. The molecule has 4 aliphatic rings. The molecular formula is C35H41Cl2N3O5. The molecular weight excluding hydrogens is 613 g/mol. The number of para-hydroxylation sites is 1. The number of aliphatic carboxylic acids is 1. The molecule has 7 rings (SSSR count). The molecule has 4 aliphatic carbocycles. The van der Waals surface area contributed by atoms with Gasteiger partial charge in [-0.25, -0.2) is 9.78 Å². The zero-order chi connectivity index (χ0) is 31.0. The highest BCUT2D eigenvalue weighted by molar-refractivity contribution is 6.32. The molecule has 1 amide bonds.